The van der Waals surface area contributed by atoms with Crippen molar-refractivity contribution in [3.63, 3.8) is 0 Å². The highest BCUT2D eigenvalue weighted by molar-refractivity contribution is 7.92. The van der Waals surface area contributed by atoms with E-state index in [9.17, 15) is 26.8 Å². The van der Waals surface area contributed by atoms with E-state index in [4.69, 9.17) is 15.6 Å². The third kappa shape index (κ3) is 5.85. The van der Waals surface area contributed by atoms with E-state index >= 15 is 0 Å². The number of benzene rings is 2. The Morgan fingerprint density at radius 3 is 2.21 bits per heavy atom. The lowest BCUT2D eigenvalue weighted by Crippen LogP contribution is -2.58. The predicted molar refractivity (Wildman–Crippen MR) is 156 cm³/mol. The van der Waals surface area contributed by atoms with Gasteiger partial charge in [0.15, 0.2) is 21.4 Å². The molecule has 1 aliphatic heterocycles. The fraction of sp³-hybridized carbons (Fsp3) is 0.455. The van der Waals surface area contributed by atoms with Gasteiger partial charge in [0, 0.05) is 43.3 Å². The average Bonchev–Trinajstić information content (AvgIpc) is 3.65. The molecule has 0 radical (unpaired) electrons. The van der Waals surface area contributed by atoms with Crippen molar-refractivity contribution in [1.82, 2.24) is 5.32 Å². The number of fused-ring (bicyclic) bond motifs is 1. The van der Waals surface area contributed by atoms with Gasteiger partial charge in [-0.2, -0.15) is 0 Å². The number of amides is 1. The summed E-state index contributed by atoms with van der Waals surface area (Å²) in [5.74, 6) is -1.22. The van der Waals surface area contributed by atoms with Crippen LogP contribution in [0.25, 0.3) is 22.1 Å². The number of rotatable bonds is 8. The van der Waals surface area contributed by atoms with Gasteiger partial charge in [-0.25, -0.2) is 17.2 Å². The number of carbonyl (C=O) groups is 2. The third-order valence-corrected chi connectivity index (χ3v) is 11.5. The molecule has 1 amide bonds. The van der Waals surface area contributed by atoms with Gasteiger partial charge in [-0.05, 0) is 73.9 Å². The zero-order valence-corrected chi connectivity index (χ0v) is 24.5. The number of halogens is 2. The fourth-order valence-electron chi connectivity index (χ4n) is 6.13. The van der Waals surface area contributed by atoms with E-state index in [0.717, 1.165) is 11.1 Å². The molecule has 6 rings (SSSR count). The summed E-state index contributed by atoms with van der Waals surface area (Å²) in [4.78, 5) is 27.1. The van der Waals surface area contributed by atoms with Gasteiger partial charge in [0.2, 0.25) is 5.92 Å². The molecule has 3 aromatic rings. The van der Waals surface area contributed by atoms with Crippen LogP contribution in [0.5, 0.6) is 0 Å². The van der Waals surface area contributed by atoms with Gasteiger partial charge >= 0.3 is 0 Å². The van der Waals surface area contributed by atoms with Crippen LogP contribution in [0.1, 0.15) is 68.3 Å². The first-order valence-corrected chi connectivity index (χ1v) is 16.2. The third-order valence-electron chi connectivity index (χ3n) is 9.25. The molecular weight excluding hydrogens is 576 g/mol. The predicted octanol–water partition coefficient (Wildman–Crippen LogP) is 6.10. The molecule has 7 nitrogen and oxygen atoms in total. The molecule has 3 aliphatic rings. The maximum absolute atomic E-state index is 14.1. The largest absolute Gasteiger partial charge is 0.451 e. The lowest BCUT2D eigenvalue weighted by molar-refractivity contribution is -0.131. The first-order valence-electron chi connectivity index (χ1n) is 14.6. The highest BCUT2D eigenvalue weighted by Crippen LogP contribution is 2.50. The number of nitrogens with one attached hydrogen (secondary N) is 1. The monoisotopic (exact) mass is 609 g/mol. The zero-order chi connectivity index (χ0) is 30.5. The van der Waals surface area contributed by atoms with Crippen LogP contribution in [-0.2, 0) is 19.4 Å². The number of Topliss-reactive ketones (excluding diaryl/α,β-unsaturated/α-hetero) is 1. The molecule has 43 heavy (non-hydrogen) atoms. The van der Waals surface area contributed by atoms with E-state index in [2.05, 4.69) is 11.2 Å². The van der Waals surface area contributed by atoms with Crippen molar-refractivity contribution < 1.29 is 35.9 Å². The Bertz CT molecular complexity index is 1700. The molecule has 10 heteroatoms. The van der Waals surface area contributed by atoms with Crippen LogP contribution in [0.3, 0.4) is 0 Å². The first kappa shape index (κ1) is 29.5. The highest BCUT2D eigenvalue weighted by atomic mass is 32.2. The minimum atomic E-state index is -3.46. The summed E-state index contributed by atoms with van der Waals surface area (Å²) in [6.45, 7) is 0.871. The van der Waals surface area contributed by atoms with E-state index < -0.39 is 50.7 Å². The van der Waals surface area contributed by atoms with Crippen LogP contribution in [0, 0.1) is 17.8 Å². The highest BCUT2D eigenvalue weighted by Gasteiger charge is 2.52. The Morgan fingerprint density at radius 2 is 1.58 bits per heavy atom. The van der Waals surface area contributed by atoms with Crippen molar-refractivity contribution in [2.75, 3.05) is 13.2 Å². The fourth-order valence-corrected chi connectivity index (χ4v) is 7.85. The summed E-state index contributed by atoms with van der Waals surface area (Å²) in [5, 5.41) is 2.96. The minimum absolute atomic E-state index is 0.0346. The summed E-state index contributed by atoms with van der Waals surface area (Å²) in [6, 6.07) is 13.6. The van der Waals surface area contributed by atoms with E-state index in [1.807, 2.05) is 6.07 Å². The summed E-state index contributed by atoms with van der Waals surface area (Å²) in [5.41, 5.74) is -0.0272. The second kappa shape index (κ2) is 10.9. The van der Waals surface area contributed by atoms with Gasteiger partial charge < -0.3 is 14.5 Å². The van der Waals surface area contributed by atoms with Gasteiger partial charge in [0.05, 0.1) is 15.7 Å². The number of sulfone groups is 1. The van der Waals surface area contributed by atoms with Crippen LogP contribution in [-0.4, -0.2) is 50.0 Å². The van der Waals surface area contributed by atoms with Crippen LogP contribution in [0.2, 0.25) is 0 Å². The van der Waals surface area contributed by atoms with E-state index in [1.165, 1.54) is 0 Å². The molecule has 1 aromatic heterocycles. The molecule has 0 bridgehead atoms. The van der Waals surface area contributed by atoms with Crippen LogP contribution in [0.4, 0.5) is 8.78 Å². The number of alkyl halides is 2. The lowest BCUT2D eigenvalue weighted by atomic mass is 9.74. The molecule has 2 saturated carbocycles. The van der Waals surface area contributed by atoms with Crippen molar-refractivity contribution in [2.24, 2.45) is 5.41 Å². The quantitative estimate of drug-likeness (QED) is 0.310. The first-order chi connectivity index (χ1) is 20.4. The summed E-state index contributed by atoms with van der Waals surface area (Å²) >= 11 is 0. The zero-order valence-electron chi connectivity index (χ0n) is 23.7. The van der Waals surface area contributed by atoms with Gasteiger partial charge in [-0.15, -0.1) is 6.42 Å². The Hall–Kier alpha value is -3.55. The number of hydrogen-bond donors (Lipinski definition) is 1. The lowest BCUT2D eigenvalue weighted by Gasteiger charge is -2.39. The van der Waals surface area contributed by atoms with E-state index in [1.54, 1.807) is 42.5 Å². The number of ether oxygens (including phenoxy) is 1. The molecule has 2 aromatic carbocycles. The number of ketones is 1. The van der Waals surface area contributed by atoms with E-state index in [-0.39, 0.29) is 35.7 Å². The molecule has 2 heterocycles. The van der Waals surface area contributed by atoms with Gasteiger partial charge in [0.25, 0.3) is 5.91 Å². The topological polar surface area (TPSA) is 103 Å². The molecule has 0 spiro atoms. The van der Waals surface area contributed by atoms with Gasteiger partial charge in [-0.1, -0.05) is 30.2 Å². The number of hydrogen-bond acceptors (Lipinski definition) is 6. The summed E-state index contributed by atoms with van der Waals surface area (Å²) in [6.07, 6.45) is 6.69. The average molecular weight is 610 g/mol. The number of terminal acetylenes is 1. The number of furan rings is 1. The molecular formula is C33H33F2NO6S. The van der Waals surface area contributed by atoms with Crippen molar-refractivity contribution >= 4 is 32.5 Å². The maximum atomic E-state index is 14.1. The molecule has 226 valence electrons. The Labute approximate surface area is 249 Å². The number of carbonyl (C=O) groups excluding carboxylic acids is 2. The normalized spacial score (nSPS) is 21.1. The molecule has 3 fully saturated rings. The smallest absolute Gasteiger partial charge is 0.287 e. The van der Waals surface area contributed by atoms with Crippen LogP contribution < -0.4 is 5.32 Å². The second-order valence-electron chi connectivity index (χ2n) is 12.2. The van der Waals surface area contributed by atoms with Crippen molar-refractivity contribution in [3.8, 4) is 23.5 Å². The minimum Gasteiger partial charge on any atom is -0.451 e. The molecule has 1 saturated heterocycles. The van der Waals surface area contributed by atoms with Crippen LogP contribution in [0.15, 0.2) is 57.8 Å². The van der Waals surface area contributed by atoms with Crippen molar-refractivity contribution in [2.45, 2.75) is 79.4 Å². The van der Waals surface area contributed by atoms with E-state index in [0.29, 0.717) is 49.9 Å². The second-order valence-corrected chi connectivity index (χ2v) is 14.4. The maximum Gasteiger partial charge on any atom is 0.287 e. The Morgan fingerprint density at radius 1 is 0.930 bits per heavy atom. The van der Waals surface area contributed by atoms with Crippen LogP contribution >= 0.6 is 0 Å². The van der Waals surface area contributed by atoms with Gasteiger partial charge in [-0.3, -0.25) is 9.59 Å². The standard InChI is InChI=1S/C33H33F2NO6S/c1-2-31(11-12-31)21-29(37)32(13-15-33(34,35)16-14-32)36-30(38)28-20-24-4-3-23(19-27(24)42-28)22-5-7-25(8-6-22)43(39,40)26-9-17-41-18-10-26/h1,3-8,19-20,26H,9-18,21H2,(H,36,38). The molecule has 0 unspecified atom stereocenters. The Kier molecular flexibility index (Phi) is 7.46. The van der Waals surface area contributed by atoms with Crippen molar-refractivity contribution in [3.05, 3.63) is 54.3 Å². The molecule has 2 aliphatic carbocycles. The van der Waals surface area contributed by atoms with Crippen molar-refractivity contribution in [1.29, 1.82) is 0 Å². The SMILES string of the molecule is C#CC1(CC(=O)C2(NC(=O)c3cc4ccc(-c5ccc(S(=O)(=O)C6CCOCC6)cc5)cc4o3)CCC(F)(F)CC2)CC1. The molecule has 0 atom stereocenters. The molecule has 1 N–H and O–H groups in total. The summed E-state index contributed by atoms with van der Waals surface area (Å²) < 4.78 is 65.4. The Balaban J connectivity index is 1.21. The van der Waals surface area contributed by atoms with Gasteiger partial charge in [0.1, 0.15) is 5.58 Å². The summed E-state index contributed by atoms with van der Waals surface area (Å²) in [7, 11) is -3.46.